The molecule has 4 heteroatoms. The van der Waals surface area contributed by atoms with Crippen molar-refractivity contribution in [2.75, 3.05) is 12.4 Å². The third-order valence-corrected chi connectivity index (χ3v) is 3.84. The van der Waals surface area contributed by atoms with Crippen molar-refractivity contribution in [1.82, 2.24) is 0 Å². The van der Waals surface area contributed by atoms with Crippen molar-refractivity contribution in [1.29, 1.82) is 0 Å². The quantitative estimate of drug-likeness (QED) is 0.807. The first kappa shape index (κ1) is 17.9. The van der Waals surface area contributed by atoms with Gasteiger partial charge in [0.1, 0.15) is 11.5 Å². The Hall–Kier alpha value is -2.49. The van der Waals surface area contributed by atoms with Crippen molar-refractivity contribution in [2.45, 2.75) is 39.2 Å². The Morgan fingerprint density at radius 2 is 1.67 bits per heavy atom. The van der Waals surface area contributed by atoms with E-state index < -0.39 is 6.10 Å². The summed E-state index contributed by atoms with van der Waals surface area (Å²) in [4.78, 5) is 12.6. The number of benzene rings is 2. The van der Waals surface area contributed by atoms with Gasteiger partial charge in [-0.05, 0) is 48.2 Å². The normalized spacial score (nSPS) is 11.9. The van der Waals surface area contributed by atoms with Gasteiger partial charge < -0.3 is 14.8 Å². The Morgan fingerprint density at radius 3 is 2.25 bits per heavy atom. The molecular formula is C20H25NO3. The number of carbonyl (C=O) groups is 1. The van der Waals surface area contributed by atoms with Gasteiger partial charge in [-0.2, -0.15) is 0 Å². The fourth-order valence-corrected chi connectivity index (χ4v) is 2.47. The number of rotatable bonds is 7. The molecule has 2 rings (SSSR count). The molecule has 2 aromatic carbocycles. The largest absolute Gasteiger partial charge is 0.497 e. The van der Waals surface area contributed by atoms with Crippen LogP contribution in [0, 0.1) is 0 Å². The van der Waals surface area contributed by atoms with Crippen LogP contribution in [0.3, 0.4) is 0 Å². The average Bonchev–Trinajstić information content (AvgIpc) is 2.60. The van der Waals surface area contributed by atoms with Crippen molar-refractivity contribution in [3.05, 3.63) is 54.1 Å². The minimum atomic E-state index is -0.543. The summed E-state index contributed by atoms with van der Waals surface area (Å²) >= 11 is 0. The number of hydrogen-bond acceptors (Lipinski definition) is 3. The van der Waals surface area contributed by atoms with E-state index in [1.54, 1.807) is 19.2 Å². The van der Waals surface area contributed by atoms with E-state index in [0.29, 0.717) is 18.1 Å². The third-order valence-electron chi connectivity index (χ3n) is 3.84. The van der Waals surface area contributed by atoms with Crippen LogP contribution in [0.15, 0.2) is 48.5 Å². The number of ether oxygens (including phenoxy) is 2. The second-order valence-corrected chi connectivity index (χ2v) is 5.92. The van der Waals surface area contributed by atoms with Crippen LogP contribution < -0.4 is 14.8 Å². The van der Waals surface area contributed by atoms with Crippen molar-refractivity contribution >= 4 is 11.6 Å². The molecule has 128 valence electrons. The highest BCUT2D eigenvalue weighted by Crippen LogP contribution is 2.24. The van der Waals surface area contributed by atoms with Crippen molar-refractivity contribution in [3.8, 4) is 11.5 Å². The minimum Gasteiger partial charge on any atom is -0.497 e. The Morgan fingerprint density at radius 1 is 1.04 bits per heavy atom. The van der Waals surface area contributed by atoms with Gasteiger partial charge in [-0.1, -0.05) is 39.0 Å². The summed E-state index contributed by atoms with van der Waals surface area (Å²) in [6.07, 6.45) is 0.0421. The first-order valence-electron chi connectivity index (χ1n) is 8.25. The number of amides is 1. The summed E-state index contributed by atoms with van der Waals surface area (Å²) in [7, 11) is 1.62. The Balaban J connectivity index is 2.08. The molecule has 0 aliphatic heterocycles. The van der Waals surface area contributed by atoms with Crippen LogP contribution >= 0.6 is 0 Å². The van der Waals surface area contributed by atoms with Gasteiger partial charge in [0.15, 0.2) is 6.10 Å². The lowest BCUT2D eigenvalue weighted by atomic mass is 10.0. The van der Waals surface area contributed by atoms with E-state index in [1.165, 1.54) is 0 Å². The van der Waals surface area contributed by atoms with Gasteiger partial charge in [-0.3, -0.25) is 4.79 Å². The molecule has 0 spiro atoms. The van der Waals surface area contributed by atoms with Crippen LogP contribution in [-0.4, -0.2) is 19.1 Å². The molecular weight excluding hydrogens is 302 g/mol. The van der Waals surface area contributed by atoms with Crippen LogP contribution in [0.4, 0.5) is 5.69 Å². The van der Waals surface area contributed by atoms with Gasteiger partial charge in [0.05, 0.1) is 7.11 Å². The van der Waals surface area contributed by atoms with Gasteiger partial charge in [0.2, 0.25) is 0 Å². The maximum atomic E-state index is 12.6. The van der Waals surface area contributed by atoms with Crippen molar-refractivity contribution in [2.24, 2.45) is 0 Å². The van der Waals surface area contributed by atoms with Gasteiger partial charge >= 0.3 is 0 Å². The van der Waals surface area contributed by atoms with E-state index in [0.717, 1.165) is 17.0 Å². The molecule has 4 nitrogen and oxygen atoms in total. The fourth-order valence-electron chi connectivity index (χ4n) is 2.47. The van der Waals surface area contributed by atoms with Crippen LogP contribution in [0.2, 0.25) is 0 Å². The van der Waals surface area contributed by atoms with Gasteiger partial charge in [-0.25, -0.2) is 0 Å². The molecule has 0 aliphatic carbocycles. The second kappa shape index (κ2) is 8.39. The molecule has 0 heterocycles. The van der Waals surface area contributed by atoms with Crippen molar-refractivity contribution in [3.63, 3.8) is 0 Å². The van der Waals surface area contributed by atoms with Gasteiger partial charge in [-0.15, -0.1) is 0 Å². The van der Waals surface area contributed by atoms with Crippen molar-refractivity contribution < 1.29 is 14.3 Å². The lowest BCUT2D eigenvalue weighted by Crippen LogP contribution is -2.32. The molecule has 0 aliphatic rings. The zero-order valence-electron chi connectivity index (χ0n) is 14.7. The number of hydrogen-bond donors (Lipinski definition) is 1. The lowest BCUT2D eigenvalue weighted by Gasteiger charge is -2.19. The van der Waals surface area contributed by atoms with Gasteiger partial charge in [0.25, 0.3) is 5.91 Å². The predicted molar refractivity (Wildman–Crippen MR) is 96.9 cm³/mol. The summed E-state index contributed by atoms with van der Waals surface area (Å²) in [6.45, 7) is 6.15. The fraction of sp³-hybridized carbons (Fsp3) is 0.350. The highest BCUT2D eigenvalue weighted by Gasteiger charge is 2.20. The zero-order chi connectivity index (χ0) is 17.5. The summed E-state index contributed by atoms with van der Waals surface area (Å²) in [6, 6.07) is 15.1. The van der Waals surface area contributed by atoms with E-state index >= 15 is 0 Å². The lowest BCUT2D eigenvalue weighted by molar-refractivity contribution is -0.122. The van der Waals surface area contributed by atoms with E-state index in [-0.39, 0.29) is 5.91 Å². The number of nitrogens with one attached hydrogen (secondary N) is 1. The topological polar surface area (TPSA) is 47.6 Å². The van der Waals surface area contributed by atoms with E-state index in [9.17, 15) is 4.79 Å². The first-order chi connectivity index (χ1) is 11.5. The van der Waals surface area contributed by atoms with Gasteiger partial charge in [0, 0.05) is 5.69 Å². The van der Waals surface area contributed by atoms with Crippen LogP contribution in [-0.2, 0) is 4.79 Å². The number of carbonyl (C=O) groups excluding carboxylic acids is 1. The Bertz CT molecular complexity index is 665. The number of methoxy groups -OCH3 is 1. The molecule has 1 atom stereocenters. The standard InChI is InChI=1S/C20H25NO3/c1-5-19(24-16-12-10-15(23-4)11-13-16)20(22)21-18-9-7-6-8-17(18)14(2)3/h6-14,19H,5H2,1-4H3,(H,21,22)/t19-/m0/s1. The molecule has 0 fully saturated rings. The number of para-hydroxylation sites is 1. The Labute approximate surface area is 143 Å². The molecule has 1 amide bonds. The summed E-state index contributed by atoms with van der Waals surface area (Å²) in [5, 5.41) is 3.00. The summed E-state index contributed by atoms with van der Waals surface area (Å²) in [5.41, 5.74) is 1.96. The molecule has 0 unspecified atom stereocenters. The maximum absolute atomic E-state index is 12.6. The maximum Gasteiger partial charge on any atom is 0.265 e. The van der Waals surface area contributed by atoms with Crippen LogP contribution in [0.25, 0.3) is 0 Å². The van der Waals surface area contributed by atoms with E-state index in [1.807, 2.05) is 43.3 Å². The molecule has 0 bridgehead atoms. The summed E-state index contributed by atoms with van der Waals surface area (Å²) < 4.78 is 11.0. The zero-order valence-corrected chi connectivity index (χ0v) is 14.7. The first-order valence-corrected chi connectivity index (χ1v) is 8.25. The molecule has 2 aromatic rings. The molecule has 24 heavy (non-hydrogen) atoms. The van der Waals surface area contributed by atoms with Crippen LogP contribution in [0.5, 0.6) is 11.5 Å². The highest BCUT2D eigenvalue weighted by molar-refractivity contribution is 5.95. The Kier molecular flexibility index (Phi) is 6.24. The number of anilines is 1. The molecule has 0 saturated carbocycles. The monoisotopic (exact) mass is 327 g/mol. The van der Waals surface area contributed by atoms with E-state index in [4.69, 9.17) is 9.47 Å². The average molecular weight is 327 g/mol. The SMILES string of the molecule is CC[C@H](Oc1ccc(OC)cc1)C(=O)Nc1ccccc1C(C)C. The smallest absolute Gasteiger partial charge is 0.265 e. The molecule has 1 N–H and O–H groups in total. The highest BCUT2D eigenvalue weighted by atomic mass is 16.5. The van der Waals surface area contributed by atoms with Crippen LogP contribution in [0.1, 0.15) is 38.7 Å². The van der Waals surface area contributed by atoms with E-state index in [2.05, 4.69) is 19.2 Å². The second-order valence-electron chi connectivity index (χ2n) is 5.92. The predicted octanol–water partition coefficient (Wildman–Crippen LogP) is 4.61. The molecule has 0 saturated heterocycles. The molecule has 0 aromatic heterocycles. The summed E-state index contributed by atoms with van der Waals surface area (Å²) in [5.74, 6) is 1.60. The third kappa shape index (κ3) is 4.51. The minimum absolute atomic E-state index is 0.138. The molecule has 0 radical (unpaired) electrons.